The molecule has 0 atom stereocenters. The van der Waals surface area contributed by atoms with E-state index in [9.17, 15) is 21.2 Å². The molecule has 2 rings (SSSR count). The van der Waals surface area contributed by atoms with Crippen molar-refractivity contribution in [1.82, 2.24) is 0 Å². The van der Waals surface area contributed by atoms with E-state index in [1.807, 2.05) is 0 Å². The number of hydrogen-bond acceptors (Lipinski definition) is 4. The van der Waals surface area contributed by atoms with Crippen LogP contribution in [0, 0.1) is 5.82 Å². The molecule has 6 nitrogen and oxygen atoms in total. The highest BCUT2D eigenvalue weighted by atomic mass is 32.2. The Kier molecular flexibility index (Phi) is 4.62. The zero-order chi connectivity index (χ0) is 17.3. The van der Waals surface area contributed by atoms with Crippen LogP contribution in [-0.2, 0) is 20.0 Å². The van der Waals surface area contributed by atoms with Crippen molar-refractivity contribution < 1.29 is 21.2 Å². The summed E-state index contributed by atoms with van der Waals surface area (Å²) in [7, 11) is -5.87. The summed E-state index contributed by atoms with van der Waals surface area (Å²) in [4.78, 5) is -0.0419. The Labute approximate surface area is 134 Å². The first-order valence-electron chi connectivity index (χ1n) is 6.42. The topological polar surface area (TPSA) is 83.6 Å². The second-order valence-electron chi connectivity index (χ2n) is 4.85. The molecule has 124 valence electrons. The van der Waals surface area contributed by atoms with Crippen LogP contribution >= 0.6 is 0 Å². The molecule has 0 saturated carbocycles. The standard InChI is InChI=1S/C14H15FN2O4S2/c1-17(23(20,21)14-9-3-11(15)4-10-14)13-7-5-12(6-8-13)16-22(2,18)19/h3-10,16H,1-2H3. The van der Waals surface area contributed by atoms with Crippen molar-refractivity contribution >= 4 is 31.4 Å². The zero-order valence-electron chi connectivity index (χ0n) is 12.4. The highest BCUT2D eigenvalue weighted by molar-refractivity contribution is 7.92. The van der Waals surface area contributed by atoms with E-state index in [1.54, 1.807) is 0 Å². The van der Waals surface area contributed by atoms with Crippen LogP contribution in [0.15, 0.2) is 53.4 Å². The minimum absolute atomic E-state index is 0.0419. The van der Waals surface area contributed by atoms with Gasteiger partial charge < -0.3 is 0 Å². The summed E-state index contributed by atoms with van der Waals surface area (Å²) in [6.45, 7) is 0. The van der Waals surface area contributed by atoms with Crippen LogP contribution in [0.25, 0.3) is 0 Å². The average Bonchev–Trinajstić information content (AvgIpc) is 2.46. The van der Waals surface area contributed by atoms with Crippen LogP contribution in [0.2, 0.25) is 0 Å². The number of nitrogens with zero attached hydrogens (tertiary/aromatic N) is 1. The molecule has 0 aliphatic heterocycles. The Morgan fingerprint density at radius 3 is 1.91 bits per heavy atom. The predicted molar refractivity (Wildman–Crippen MR) is 86.9 cm³/mol. The monoisotopic (exact) mass is 358 g/mol. The molecule has 0 aliphatic rings. The molecule has 23 heavy (non-hydrogen) atoms. The molecule has 2 aromatic rings. The summed E-state index contributed by atoms with van der Waals surface area (Å²) in [6.07, 6.45) is 1.02. The van der Waals surface area contributed by atoms with E-state index in [4.69, 9.17) is 0 Å². The number of anilines is 2. The van der Waals surface area contributed by atoms with Crippen LogP contribution < -0.4 is 9.03 Å². The quantitative estimate of drug-likeness (QED) is 0.886. The minimum Gasteiger partial charge on any atom is -0.284 e. The van der Waals surface area contributed by atoms with E-state index in [-0.39, 0.29) is 4.90 Å². The molecular weight excluding hydrogens is 343 g/mol. The summed E-state index contributed by atoms with van der Waals surface area (Å²) in [5.74, 6) is -0.525. The third-order valence-corrected chi connectivity index (χ3v) is 5.41. The molecule has 0 unspecified atom stereocenters. The summed E-state index contributed by atoms with van der Waals surface area (Å²) < 4.78 is 63.4. The molecule has 0 aromatic heterocycles. The summed E-state index contributed by atoms with van der Waals surface area (Å²) in [5.41, 5.74) is 0.664. The molecule has 1 N–H and O–H groups in total. The van der Waals surface area contributed by atoms with E-state index in [0.717, 1.165) is 22.7 Å². The Morgan fingerprint density at radius 2 is 1.43 bits per heavy atom. The van der Waals surface area contributed by atoms with Gasteiger partial charge in [0.05, 0.1) is 16.8 Å². The van der Waals surface area contributed by atoms with E-state index in [0.29, 0.717) is 11.4 Å². The van der Waals surface area contributed by atoms with Gasteiger partial charge in [0.25, 0.3) is 10.0 Å². The molecule has 2 aromatic carbocycles. The van der Waals surface area contributed by atoms with Gasteiger partial charge in [-0.05, 0) is 48.5 Å². The first-order valence-corrected chi connectivity index (χ1v) is 9.75. The van der Waals surface area contributed by atoms with Gasteiger partial charge in [-0.15, -0.1) is 0 Å². The highest BCUT2D eigenvalue weighted by Crippen LogP contribution is 2.24. The molecule has 0 fully saturated rings. The van der Waals surface area contributed by atoms with Crippen molar-refractivity contribution in [2.75, 3.05) is 22.3 Å². The Balaban J connectivity index is 2.29. The molecular formula is C14H15FN2O4S2. The molecule has 0 spiro atoms. The number of rotatable bonds is 5. The van der Waals surface area contributed by atoms with Gasteiger partial charge in [-0.3, -0.25) is 9.03 Å². The van der Waals surface area contributed by atoms with Crippen molar-refractivity contribution in [2.24, 2.45) is 0 Å². The lowest BCUT2D eigenvalue weighted by molar-refractivity contribution is 0.593. The van der Waals surface area contributed by atoms with Crippen molar-refractivity contribution in [3.8, 4) is 0 Å². The fourth-order valence-corrected chi connectivity index (χ4v) is 3.62. The smallest absolute Gasteiger partial charge is 0.264 e. The summed E-state index contributed by atoms with van der Waals surface area (Å²) in [6, 6.07) is 10.3. The number of halogens is 1. The molecule has 0 aliphatic carbocycles. The fourth-order valence-electron chi connectivity index (χ4n) is 1.86. The van der Waals surface area contributed by atoms with Crippen LogP contribution in [-0.4, -0.2) is 30.1 Å². The van der Waals surface area contributed by atoms with Crippen LogP contribution in [0.4, 0.5) is 15.8 Å². The van der Waals surface area contributed by atoms with E-state index < -0.39 is 25.9 Å². The van der Waals surface area contributed by atoms with Gasteiger partial charge in [0, 0.05) is 12.7 Å². The van der Waals surface area contributed by atoms with Crippen molar-refractivity contribution in [2.45, 2.75) is 4.90 Å². The molecule has 9 heteroatoms. The van der Waals surface area contributed by atoms with Gasteiger partial charge in [0.1, 0.15) is 5.82 Å². The number of nitrogens with one attached hydrogen (secondary N) is 1. The second-order valence-corrected chi connectivity index (χ2v) is 8.57. The first kappa shape index (κ1) is 17.2. The number of hydrogen-bond donors (Lipinski definition) is 1. The van der Waals surface area contributed by atoms with Gasteiger partial charge in [0.2, 0.25) is 10.0 Å². The predicted octanol–water partition coefficient (Wildman–Crippen LogP) is 2.02. The average molecular weight is 358 g/mol. The Morgan fingerprint density at radius 1 is 0.913 bits per heavy atom. The number of sulfonamides is 2. The highest BCUT2D eigenvalue weighted by Gasteiger charge is 2.21. The maximum absolute atomic E-state index is 12.9. The van der Waals surface area contributed by atoms with Crippen LogP contribution in [0.3, 0.4) is 0 Å². The van der Waals surface area contributed by atoms with E-state index >= 15 is 0 Å². The second kappa shape index (κ2) is 6.17. The first-order chi connectivity index (χ1) is 10.6. The third kappa shape index (κ3) is 4.20. The van der Waals surface area contributed by atoms with Gasteiger partial charge in [-0.25, -0.2) is 21.2 Å². The maximum atomic E-state index is 12.9. The zero-order valence-corrected chi connectivity index (χ0v) is 14.0. The maximum Gasteiger partial charge on any atom is 0.264 e. The summed E-state index contributed by atoms with van der Waals surface area (Å²) >= 11 is 0. The molecule has 0 heterocycles. The normalized spacial score (nSPS) is 12.0. The van der Waals surface area contributed by atoms with Crippen molar-refractivity contribution in [1.29, 1.82) is 0 Å². The minimum atomic E-state index is -3.83. The lowest BCUT2D eigenvalue weighted by Gasteiger charge is -2.20. The summed E-state index contributed by atoms with van der Waals surface area (Å²) in [5, 5.41) is 0. The molecule has 0 saturated heterocycles. The molecule has 0 bridgehead atoms. The van der Waals surface area contributed by atoms with Gasteiger partial charge in [0.15, 0.2) is 0 Å². The van der Waals surface area contributed by atoms with Gasteiger partial charge in [-0.1, -0.05) is 0 Å². The Bertz CT molecular complexity index is 893. The largest absolute Gasteiger partial charge is 0.284 e. The van der Waals surface area contributed by atoms with Crippen LogP contribution in [0.1, 0.15) is 0 Å². The van der Waals surface area contributed by atoms with Crippen molar-refractivity contribution in [3.05, 3.63) is 54.3 Å². The van der Waals surface area contributed by atoms with Crippen LogP contribution in [0.5, 0.6) is 0 Å². The SMILES string of the molecule is CN(c1ccc(NS(C)(=O)=O)cc1)S(=O)(=O)c1ccc(F)cc1. The van der Waals surface area contributed by atoms with Gasteiger partial charge >= 0.3 is 0 Å². The van der Waals surface area contributed by atoms with E-state index in [2.05, 4.69) is 4.72 Å². The molecule has 0 amide bonds. The lowest BCUT2D eigenvalue weighted by Crippen LogP contribution is -2.26. The number of benzene rings is 2. The van der Waals surface area contributed by atoms with Gasteiger partial charge in [-0.2, -0.15) is 0 Å². The molecule has 0 radical (unpaired) electrons. The third-order valence-electron chi connectivity index (χ3n) is 3.01. The lowest BCUT2D eigenvalue weighted by atomic mass is 10.3. The fraction of sp³-hybridized carbons (Fsp3) is 0.143. The van der Waals surface area contributed by atoms with E-state index in [1.165, 1.54) is 43.4 Å². The van der Waals surface area contributed by atoms with Crippen molar-refractivity contribution in [3.63, 3.8) is 0 Å². The Hall–Kier alpha value is -2.13.